The number of nitrogens with zero attached hydrogens (tertiary/aromatic N) is 2. The number of hydrogen-bond acceptors (Lipinski definition) is 4. The van der Waals surface area contributed by atoms with E-state index in [4.69, 9.17) is 4.42 Å². The number of aromatic nitrogens is 2. The van der Waals surface area contributed by atoms with Crippen molar-refractivity contribution in [2.45, 2.75) is 26.7 Å². The number of carbonyl (C=O) groups excluding carboxylic acids is 1. The van der Waals surface area contributed by atoms with Crippen molar-refractivity contribution in [3.05, 3.63) is 76.7 Å². The summed E-state index contributed by atoms with van der Waals surface area (Å²) < 4.78 is 5.51. The molecule has 2 aromatic carbocycles. The van der Waals surface area contributed by atoms with Gasteiger partial charge in [-0.3, -0.25) is 10.1 Å². The lowest BCUT2D eigenvalue weighted by atomic mass is 10.1. The highest BCUT2D eigenvalue weighted by Crippen LogP contribution is 2.14. The van der Waals surface area contributed by atoms with E-state index < -0.39 is 0 Å². The zero-order chi connectivity index (χ0) is 16.9. The first-order chi connectivity index (χ1) is 11.6. The fourth-order valence-corrected chi connectivity index (χ4v) is 2.32. The topological polar surface area (TPSA) is 68.0 Å². The molecule has 5 heteroatoms. The van der Waals surface area contributed by atoms with E-state index in [2.05, 4.69) is 34.6 Å². The van der Waals surface area contributed by atoms with Crippen LogP contribution in [0.1, 0.15) is 39.9 Å². The molecule has 24 heavy (non-hydrogen) atoms. The summed E-state index contributed by atoms with van der Waals surface area (Å²) in [5.41, 5.74) is 4.03. The molecule has 0 aliphatic rings. The second kappa shape index (κ2) is 7.08. The molecule has 0 aliphatic heterocycles. The van der Waals surface area contributed by atoms with Crippen LogP contribution < -0.4 is 5.32 Å². The molecule has 0 aliphatic carbocycles. The molecule has 0 unspecified atom stereocenters. The smallest absolute Gasteiger partial charge is 0.322 e. The number of rotatable bonds is 5. The molecule has 0 spiro atoms. The Morgan fingerprint density at radius 3 is 2.33 bits per heavy atom. The highest BCUT2D eigenvalue weighted by molar-refractivity contribution is 6.03. The van der Waals surface area contributed by atoms with Crippen LogP contribution in [0, 0.1) is 6.92 Å². The molecule has 0 bridgehead atoms. The van der Waals surface area contributed by atoms with Gasteiger partial charge in [-0.05, 0) is 36.6 Å². The van der Waals surface area contributed by atoms with Gasteiger partial charge in [0.2, 0.25) is 5.89 Å². The van der Waals surface area contributed by atoms with Gasteiger partial charge in [-0.15, -0.1) is 5.10 Å². The van der Waals surface area contributed by atoms with Gasteiger partial charge in [0, 0.05) is 5.56 Å². The second-order valence-corrected chi connectivity index (χ2v) is 5.67. The molecule has 1 heterocycles. The number of anilines is 1. The number of hydrogen-bond donors (Lipinski definition) is 1. The van der Waals surface area contributed by atoms with Gasteiger partial charge in [0.25, 0.3) is 5.91 Å². The van der Waals surface area contributed by atoms with E-state index in [-0.39, 0.29) is 11.9 Å². The van der Waals surface area contributed by atoms with Crippen LogP contribution in [-0.2, 0) is 12.8 Å². The minimum atomic E-state index is -0.266. The normalized spacial score (nSPS) is 10.6. The summed E-state index contributed by atoms with van der Waals surface area (Å²) in [6.45, 7) is 4.09. The largest absolute Gasteiger partial charge is 0.407 e. The number of amides is 1. The zero-order valence-corrected chi connectivity index (χ0v) is 13.7. The Bertz CT molecular complexity index is 821. The van der Waals surface area contributed by atoms with E-state index in [0.29, 0.717) is 17.9 Å². The third kappa shape index (κ3) is 3.87. The number of nitrogens with one attached hydrogen (secondary N) is 1. The molecule has 0 saturated carbocycles. The van der Waals surface area contributed by atoms with E-state index in [9.17, 15) is 4.79 Å². The first-order valence-corrected chi connectivity index (χ1v) is 7.92. The Hall–Kier alpha value is -2.95. The highest BCUT2D eigenvalue weighted by atomic mass is 16.4. The van der Waals surface area contributed by atoms with E-state index in [1.165, 1.54) is 5.56 Å². The summed E-state index contributed by atoms with van der Waals surface area (Å²) in [4.78, 5) is 12.1. The predicted molar refractivity (Wildman–Crippen MR) is 92.1 cm³/mol. The van der Waals surface area contributed by atoms with Crippen molar-refractivity contribution in [2.24, 2.45) is 0 Å². The average molecular weight is 321 g/mol. The van der Waals surface area contributed by atoms with Crippen molar-refractivity contribution in [3.63, 3.8) is 0 Å². The fraction of sp³-hybridized carbons (Fsp3) is 0.211. The monoisotopic (exact) mass is 321 g/mol. The second-order valence-electron chi connectivity index (χ2n) is 5.67. The summed E-state index contributed by atoms with van der Waals surface area (Å²) in [6, 6.07) is 15.7. The third-order valence-electron chi connectivity index (χ3n) is 3.79. The Balaban J connectivity index is 1.64. The van der Waals surface area contributed by atoms with Gasteiger partial charge in [0.05, 0.1) is 6.42 Å². The number of aryl methyl sites for hydroxylation is 2. The lowest BCUT2D eigenvalue weighted by Crippen LogP contribution is -2.11. The predicted octanol–water partition coefficient (Wildman–Crippen LogP) is 3.78. The standard InChI is InChI=1S/C19H19N3O2/c1-3-14-6-8-15(9-7-14)12-17-21-22-19(24-17)20-18(23)16-10-4-13(2)5-11-16/h4-11H,3,12H2,1-2H3,(H,20,22,23). The summed E-state index contributed by atoms with van der Waals surface area (Å²) in [7, 11) is 0. The van der Waals surface area contributed by atoms with E-state index in [1.807, 2.05) is 31.2 Å². The summed E-state index contributed by atoms with van der Waals surface area (Å²) in [5, 5.41) is 10.5. The van der Waals surface area contributed by atoms with Gasteiger partial charge in [-0.2, -0.15) is 0 Å². The summed E-state index contributed by atoms with van der Waals surface area (Å²) in [6.07, 6.45) is 1.55. The maximum Gasteiger partial charge on any atom is 0.322 e. The van der Waals surface area contributed by atoms with E-state index in [0.717, 1.165) is 17.5 Å². The Kier molecular flexibility index (Phi) is 4.70. The summed E-state index contributed by atoms with van der Waals surface area (Å²) >= 11 is 0. The van der Waals surface area contributed by atoms with Gasteiger partial charge in [-0.1, -0.05) is 54.0 Å². The van der Waals surface area contributed by atoms with Crippen LogP contribution in [0.25, 0.3) is 0 Å². The molecule has 0 radical (unpaired) electrons. The van der Waals surface area contributed by atoms with Crippen LogP contribution in [-0.4, -0.2) is 16.1 Å². The molecule has 1 N–H and O–H groups in total. The lowest BCUT2D eigenvalue weighted by Gasteiger charge is -2.01. The molecule has 3 aromatic rings. The lowest BCUT2D eigenvalue weighted by molar-refractivity contribution is 0.102. The molecule has 3 rings (SSSR count). The van der Waals surface area contributed by atoms with Crippen LogP contribution in [0.15, 0.2) is 52.9 Å². The maximum absolute atomic E-state index is 12.1. The first-order valence-electron chi connectivity index (χ1n) is 7.92. The SMILES string of the molecule is CCc1ccc(Cc2nnc(NC(=O)c3ccc(C)cc3)o2)cc1. The van der Waals surface area contributed by atoms with Crippen molar-refractivity contribution >= 4 is 11.9 Å². The van der Waals surface area contributed by atoms with Crippen LogP contribution in [0.5, 0.6) is 0 Å². The van der Waals surface area contributed by atoms with Crippen LogP contribution in [0.3, 0.4) is 0 Å². The molecule has 0 atom stereocenters. The molecule has 0 saturated heterocycles. The quantitative estimate of drug-likeness (QED) is 0.776. The zero-order valence-electron chi connectivity index (χ0n) is 13.7. The van der Waals surface area contributed by atoms with Crippen molar-refractivity contribution in [2.75, 3.05) is 5.32 Å². The van der Waals surface area contributed by atoms with Gasteiger partial charge in [-0.25, -0.2) is 0 Å². The molecule has 122 valence electrons. The third-order valence-corrected chi connectivity index (χ3v) is 3.79. The van der Waals surface area contributed by atoms with Crippen molar-refractivity contribution in [3.8, 4) is 0 Å². The van der Waals surface area contributed by atoms with E-state index in [1.54, 1.807) is 12.1 Å². The Morgan fingerprint density at radius 2 is 1.67 bits per heavy atom. The Labute approximate surface area is 140 Å². The molecule has 1 aromatic heterocycles. The Morgan fingerprint density at radius 1 is 1.00 bits per heavy atom. The van der Waals surface area contributed by atoms with Crippen LogP contribution in [0.2, 0.25) is 0 Å². The molecule has 0 fully saturated rings. The first kappa shape index (κ1) is 15.9. The fourth-order valence-electron chi connectivity index (χ4n) is 2.32. The molecular weight excluding hydrogens is 302 g/mol. The van der Waals surface area contributed by atoms with Gasteiger partial charge >= 0.3 is 6.01 Å². The van der Waals surface area contributed by atoms with Crippen molar-refractivity contribution < 1.29 is 9.21 Å². The maximum atomic E-state index is 12.1. The highest BCUT2D eigenvalue weighted by Gasteiger charge is 2.12. The van der Waals surface area contributed by atoms with Crippen LogP contribution >= 0.6 is 0 Å². The number of benzene rings is 2. The van der Waals surface area contributed by atoms with Gasteiger partial charge in [0.1, 0.15) is 0 Å². The molecule has 1 amide bonds. The molecule has 5 nitrogen and oxygen atoms in total. The minimum Gasteiger partial charge on any atom is -0.407 e. The minimum absolute atomic E-state index is 0.112. The van der Waals surface area contributed by atoms with Gasteiger partial charge < -0.3 is 4.42 Å². The molecular formula is C19H19N3O2. The summed E-state index contributed by atoms with van der Waals surface area (Å²) in [5.74, 6) is 0.205. The average Bonchev–Trinajstić information content (AvgIpc) is 3.03. The van der Waals surface area contributed by atoms with E-state index >= 15 is 0 Å². The van der Waals surface area contributed by atoms with Crippen molar-refractivity contribution in [1.82, 2.24) is 10.2 Å². The van der Waals surface area contributed by atoms with Crippen molar-refractivity contribution in [1.29, 1.82) is 0 Å². The van der Waals surface area contributed by atoms with Crippen LogP contribution in [0.4, 0.5) is 6.01 Å². The number of carbonyl (C=O) groups is 1. The van der Waals surface area contributed by atoms with Gasteiger partial charge in [0.15, 0.2) is 0 Å².